The van der Waals surface area contributed by atoms with Crippen LogP contribution in [0.4, 0.5) is 15.2 Å². The number of aromatic nitrogens is 1. The van der Waals surface area contributed by atoms with Crippen molar-refractivity contribution in [2.75, 3.05) is 11.1 Å². The van der Waals surface area contributed by atoms with Crippen LogP contribution in [0.1, 0.15) is 24.1 Å². The minimum atomic E-state index is -0.287. The van der Waals surface area contributed by atoms with Crippen molar-refractivity contribution in [2.24, 2.45) is 0 Å². The molecule has 6 heteroatoms. The number of halogens is 1. The van der Waals surface area contributed by atoms with Gasteiger partial charge in [-0.15, -0.1) is 0 Å². The Hall–Kier alpha value is -2.13. The quantitative estimate of drug-likeness (QED) is 0.891. The van der Waals surface area contributed by atoms with Gasteiger partial charge in [-0.05, 0) is 36.2 Å². The summed E-state index contributed by atoms with van der Waals surface area (Å²) in [6.07, 6.45) is 0. The molecule has 0 aliphatic carbocycles. The first kappa shape index (κ1) is 12.3. The van der Waals surface area contributed by atoms with E-state index in [2.05, 4.69) is 9.69 Å². The standard InChI is InChI=1S/C12H11FN4S/c1-7(8-3-2-4-9(13)5-8)16-12-10(6-14)11(15)17-18-12/h2-5,7,16H,1H3,(H2,15,17). The molecule has 18 heavy (non-hydrogen) atoms. The van der Waals surface area contributed by atoms with Gasteiger partial charge < -0.3 is 11.1 Å². The van der Waals surface area contributed by atoms with Gasteiger partial charge in [-0.25, -0.2) is 4.39 Å². The van der Waals surface area contributed by atoms with Crippen LogP contribution in [0.5, 0.6) is 0 Å². The normalized spacial score (nSPS) is 11.8. The maximum atomic E-state index is 13.1. The molecule has 4 nitrogen and oxygen atoms in total. The summed E-state index contributed by atoms with van der Waals surface area (Å²) >= 11 is 1.13. The first-order valence-corrected chi connectivity index (χ1v) is 6.06. The smallest absolute Gasteiger partial charge is 0.157 e. The molecule has 1 unspecified atom stereocenters. The summed E-state index contributed by atoms with van der Waals surface area (Å²) in [6.45, 7) is 1.88. The van der Waals surface area contributed by atoms with Crippen LogP contribution in [-0.4, -0.2) is 4.37 Å². The highest BCUT2D eigenvalue weighted by Crippen LogP contribution is 2.29. The van der Waals surface area contributed by atoms with Crippen molar-refractivity contribution < 1.29 is 4.39 Å². The van der Waals surface area contributed by atoms with Crippen LogP contribution in [0, 0.1) is 17.1 Å². The van der Waals surface area contributed by atoms with E-state index in [4.69, 9.17) is 11.0 Å². The Kier molecular flexibility index (Phi) is 3.44. The summed E-state index contributed by atoms with van der Waals surface area (Å²) in [7, 11) is 0. The zero-order chi connectivity index (χ0) is 13.1. The second-order valence-corrected chi connectivity index (χ2v) is 4.58. The molecule has 0 bridgehead atoms. The highest BCUT2D eigenvalue weighted by molar-refractivity contribution is 7.10. The van der Waals surface area contributed by atoms with Gasteiger partial charge in [0.25, 0.3) is 0 Å². The van der Waals surface area contributed by atoms with Gasteiger partial charge in [0, 0.05) is 6.04 Å². The van der Waals surface area contributed by atoms with E-state index < -0.39 is 0 Å². The summed E-state index contributed by atoms with van der Waals surface area (Å²) in [6, 6.07) is 8.17. The third kappa shape index (κ3) is 2.41. The number of nitrogens with one attached hydrogen (secondary N) is 1. The molecule has 92 valence electrons. The number of anilines is 2. The molecular formula is C12H11FN4S. The Morgan fingerprint density at radius 3 is 3.00 bits per heavy atom. The largest absolute Gasteiger partial charge is 0.382 e. The molecule has 2 rings (SSSR count). The summed E-state index contributed by atoms with van der Waals surface area (Å²) in [5.41, 5.74) is 6.70. The van der Waals surface area contributed by atoms with Gasteiger partial charge in [-0.1, -0.05) is 12.1 Å². The van der Waals surface area contributed by atoms with Crippen molar-refractivity contribution in [1.29, 1.82) is 5.26 Å². The van der Waals surface area contributed by atoms with Crippen LogP contribution >= 0.6 is 11.5 Å². The minimum Gasteiger partial charge on any atom is -0.382 e. The Balaban J connectivity index is 2.22. The van der Waals surface area contributed by atoms with Gasteiger partial charge in [-0.2, -0.15) is 9.64 Å². The Morgan fingerprint density at radius 2 is 2.33 bits per heavy atom. The zero-order valence-corrected chi connectivity index (χ0v) is 10.5. The molecule has 0 aliphatic heterocycles. The number of hydrogen-bond donors (Lipinski definition) is 2. The molecule has 1 atom stereocenters. The molecule has 0 radical (unpaired) electrons. The Labute approximate surface area is 108 Å². The monoisotopic (exact) mass is 262 g/mol. The minimum absolute atomic E-state index is 0.132. The highest BCUT2D eigenvalue weighted by Gasteiger charge is 2.14. The topological polar surface area (TPSA) is 74.7 Å². The van der Waals surface area contributed by atoms with Crippen molar-refractivity contribution in [3.05, 3.63) is 41.2 Å². The van der Waals surface area contributed by atoms with Crippen molar-refractivity contribution in [3.8, 4) is 6.07 Å². The van der Waals surface area contributed by atoms with E-state index in [0.717, 1.165) is 17.1 Å². The van der Waals surface area contributed by atoms with E-state index in [1.807, 2.05) is 19.1 Å². The summed E-state index contributed by atoms with van der Waals surface area (Å²) in [5, 5.41) is 12.7. The van der Waals surface area contributed by atoms with Crippen LogP contribution < -0.4 is 11.1 Å². The van der Waals surface area contributed by atoms with Crippen LogP contribution in [0.15, 0.2) is 24.3 Å². The second kappa shape index (κ2) is 5.02. The average Bonchev–Trinajstić information content (AvgIpc) is 2.69. The first-order chi connectivity index (χ1) is 8.61. The van der Waals surface area contributed by atoms with Crippen molar-refractivity contribution in [3.63, 3.8) is 0 Å². The maximum Gasteiger partial charge on any atom is 0.157 e. The Bertz CT molecular complexity index is 602. The van der Waals surface area contributed by atoms with Crippen LogP contribution in [0.2, 0.25) is 0 Å². The van der Waals surface area contributed by atoms with Gasteiger partial charge in [0.05, 0.1) is 0 Å². The van der Waals surface area contributed by atoms with E-state index >= 15 is 0 Å². The molecule has 1 aromatic heterocycles. The lowest BCUT2D eigenvalue weighted by Crippen LogP contribution is -2.06. The third-order valence-electron chi connectivity index (χ3n) is 2.53. The molecule has 1 heterocycles. The van der Waals surface area contributed by atoms with Crippen molar-refractivity contribution in [1.82, 2.24) is 4.37 Å². The van der Waals surface area contributed by atoms with E-state index in [1.165, 1.54) is 12.1 Å². The van der Waals surface area contributed by atoms with Gasteiger partial charge >= 0.3 is 0 Å². The van der Waals surface area contributed by atoms with E-state index in [9.17, 15) is 4.39 Å². The summed E-state index contributed by atoms with van der Waals surface area (Å²) in [4.78, 5) is 0. The number of hydrogen-bond acceptors (Lipinski definition) is 5. The fraction of sp³-hybridized carbons (Fsp3) is 0.167. The molecule has 0 saturated heterocycles. The lowest BCUT2D eigenvalue weighted by Gasteiger charge is -2.14. The maximum absolute atomic E-state index is 13.1. The molecule has 0 amide bonds. The van der Waals surface area contributed by atoms with Crippen LogP contribution in [0.3, 0.4) is 0 Å². The number of nitrogen functional groups attached to an aromatic ring is 1. The summed E-state index contributed by atoms with van der Waals surface area (Å²) < 4.78 is 17.0. The van der Waals surface area contributed by atoms with Crippen molar-refractivity contribution in [2.45, 2.75) is 13.0 Å². The fourth-order valence-corrected chi connectivity index (χ4v) is 2.32. The fourth-order valence-electron chi connectivity index (χ4n) is 1.56. The number of rotatable bonds is 3. The number of nitrogens with zero attached hydrogens (tertiary/aromatic N) is 2. The predicted octanol–water partition coefficient (Wildman–Crippen LogP) is 2.91. The van der Waals surface area contributed by atoms with Gasteiger partial charge in [0.2, 0.25) is 0 Å². The Morgan fingerprint density at radius 1 is 1.56 bits per heavy atom. The SMILES string of the molecule is CC(Nc1snc(N)c1C#N)c1cccc(F)c1. The molecule has 0 fully saturated rings. The van der Waals surface area contributed by atoms with E-state index in [-0.39, 0.29) is 17.7 Å². The molecular weight excluding hydrogens is 251 g/mol. The molecule has 1 aromatic carbocycles. The zero-order valence-electron chi connectivity index (χ0n) is 9.64. The lowest BCUT2D eigenvalue weighted by atomic mass is 10.1. The molecule has 0 saturated carbocycles. The van der Waals surface area contributed by atoms with Gasteiger partial charge in [0.15, 0.2) is 5.82 Å². The summed E-state index contributed by atoms with van der Waals surface area (Å²) in [5.74, 6) is -0.0677. The van der Waals surface area contributed by atoms with Gasteiger partial charge in [0.1, 0.15) is 22.5 Å². The van der Waals surface area contributed by atoms with Crippen LogP contribution in [-0.2, 0) is 0 Å². The van der Waals surface area contributed by atoms with E-state index in [1.54, 1.807) is 6.07 Å². The number of nitriles is 1. The average molecular weight is 262 g/mol. The first-order valence-electron chi connectivity index (χ1n) is 5.29. The van der Waals surface area contributed by atoms with E-state index in [0.29, 0.717) is 10.6 Å². The third-order valence-corrected chi connectivity index (χ3v) is 3.32. The molecule has 0 spiro atoms. The van der Waals surface area contributed by atoms with Crippen LogP contribution in [0.25, 0.3) is 0 Å². The molecule has 0 aliphatic rings. The van der Waals surface area contributed by atoms with Crippen molar-refractivity contribution >= 4 is 22.4 Å². The highest BCUT2D eigenvalue weighted by atomic mass is 32.1. The predicted molar refractivity (Wildman–Crippen MR) is 69.7 cm³/mol. The lowest BCUT2D eigenvalue weighted by molar-refractivity contribution is 0.624. The number of nitrogens with two attached hydrogens (primary N) is 1. The second-order valence-electron chi connectivity index (χ2n) is 3.80. The number of benzene rings is 1. The molecule has 2 aromatic rings. The van der Waals surface area contributed by atoms with Gasteiger partial charge in [-0.3, -0.25) is 0 Å². The molecule has 3 N–H and O–H groups in total.